The third kappa shape index (κ3) is 3.53. The molecule has 0 unspecified atom stereocenters. The zero-order valence-electron chi connectivity index (χ0n) is 13.2. The van der Waals surface area contributed by atoms with E-state index in [0.717, 1.165) is 24.1 Å². The van der Waals surface area contributed by atoms with Crippen molar-refractivity contribution in [2.24, 2.45) is 11.5 Å². The molecule has 1 aromatic carbocycles. The second-order valence-corrected chi connectivity index (χ2v) is 6.05. The van der Waals surface area contributed by atoms with Crippen molar-refractivity contribution in [2.75, 3.05) is 5.32 Å². The van der Waals surface area contributed by atoms with Gasteiger partial charge in [-0.05, 0) is 30.5 Å². The summed E-state index contributed by atoms with van der Waals surface area (Å²) in [6.45, 7) is 0.503. The maximum Gasteiger partial charge on any atom is 0.254 e. The summed E-state index contributed by atoms with van der Waals surface area (Å²) in [5.74, 6) is 0.0525. The van der Waals surface area contributed by atoms with Crippen LogP contribution in [0.15, 0.2) is 30.5 Å². The average Bonchev–Trinajstić information content (AvgIpc) is 3.00. The zero-order chi connectivity index (χ0) is 16.2. The lowest BCUT2D eigenvalue weighted by molar-refractivity contribution is 0.100. The molecule has 1 aromatic heterocycles. The van der Waals surface area contributed by atoms with Gasteiger partial charge in [-0.15, -0.1) is 0 Å². The van der Waals surface area contributed by atoms with Crippen molar-refractivity contribution >= 4 is 17.4 Å². The molecule has 3 rings (SSSR count). The van der Waals surface area contributed by atoms with Crippen molar-refractivity contribution < 1.29 is 4.79 Å². The number of aromatic nitrogens is 2. The standard InChI is InChI=1S/C17H23N5O/c18-10-12-6-8-13(9-7-12)20-17-15(16(19)23)11-22(21-17)14-4-2-1-3-5-14/h6-9,11,14H,1-5,10,18H2,(H2,19,23)(H,20,21). The highest BCUT2D eigenvalue weighted by atomic mass is 16.1. The number of amides is 1. The molecule has 5 N–H and O–H groups in total. The monoisotopic (exact) mass is 313 g/mol. The van der Waals surface area contributed by atoms with Crippen molar-refractivity contribution in [1.29, 1.82) is 0 Å². The Morgan fingerprint density at radius 3 is 2.52 bits per heavy atom. The van der Waals surface area contributed by atoms with Gasteiger partial charge in [-0.25, -0.2) is 0 Å². The van der Waals surface area contributed by atoms with E-state index in [0.29, 0.717) is 24.0 Å². The van der Waals surface area contributed by atoms with E-state index < -0.39 is 5.91 Å². The number of benzene rings is 1. The molecule has 122 valence electrons. The predicted octanol–water partition coefficient (Wildman–Crippen LogP) is 2.69. The van der Waals surface area contributed by atoms with E-state index in [9.17, 15) is 4.79 Å². The van der Waals surface area contributed by atoms with Gasteiger partial charge in [0.15, 0.2) is 5.82 Å². The number of anilines is 2. The van der Waals surface area contributed by atoms with E-state index in [4.69, 9.17) is 11.5 Å². The smallest absolute Gasteiger partial charge is 0.254 e. The van der Waals surface area contributed by atoms with Crippen LogP contribution in [-0.2, 0) is 6.54 Å². The van der Waals surface area contributed by atoms with E-state index in [1.807, 2.05) is 28.9 Å². The minimum Gasteiger partial charge on any atom is -0.365 e. The molecule has 0 saturated heterocycles. The minimum absolute atomic E-state index is 0.358. The Bertz CT molecular complexity index is 671. The zero-order valence-corrected chi connectivity index (χ0v) is 13.2. The molecule has 1 saturated carbocycles. The van der Waals surface area contributed by atoms with Gasteiger partial charge in [0, 0.05) is 18.4 Å². The van der Waals surface area contributed by atoms with Gasteiger partial charge in [-0.3, -0.25) is 9.48 Å². The molecule has 0 bridgehead atoms. The van der Waals surface area contributed by atoms with E-state index in [1.165, 1.54) is 19.3 Å². The quantitative estimate of drug-likeness (QED) is 0.790. The van der Waals surface area contributed by atoms with Crippen LogP contribution in [0.1, 0.15) is 54.1 Å². The lowest BCUT2D eigenvalue weighted by Crippen LogP contribution is -2.14. The molecule has 6 heteroatoms. The van der Waals surface area contributed by atoms with E-state index in [2.05, 4.69) is 10.4 Å². The largest absolute Gasteiger partial charge is 0.365 e. The maximum absolute atomic E-state index is 11.7. The van der Waals surface area contributed by atoms with Crippen molar-refractivity contribution in [1.82, 2.24) is 9.78 Å². The van der Waals surface area contributed by atoms with Gasteiger partial charge in [0.2, 0.25) is 0 Å². The summed E-state index contributed by atoms with van der Waals surface area (Å²) in [7, 11) is 0. The van der Waals surface area contributed by atoms with Gasteiger partial charge in [-0.2, -0.15) is 5.10 Å². The molecule has 6 nitrogen and oxygen atoms in total. The first-order chi connectivity index (χ1) is 11.2. The van der Waals surface area contributed by atoms with E-state index >= 15 is 0 Å². The van der Waals surface area contributed by atoms with Crippen LogP contribution in [0.2, 0.25) is 0 Å². The number of carbonyl (C=O) groups is 1. The highest BCUT2D eigenvalue weighted by Gasteiger charge is 2.20. The number of nitrogens with zero attached hydrogens (tertiary/aromatic N) is 2. The molecule has 0 radical (unpaired) electrons. The van der Waals surface area contributed by atoms with Gasteiger partial charge in [-0.1, -0.05) is 31.4 Å². The molecule has 23 heavy (non-hydrogen) atoms. The summed E-state index contributed by atoms with van der Waals surface area (Å²) < 4.78 is 1.90. The molecule has 0 aliphatic heterocycles. The van der Waals surface area contributed by atoms with Crippen LogP contribution in [0.25, 0.3) is 0 Å². The molecule has 2 aromatic rings. The molecule has 0 spiro atoms. The SMILES string of the molecule is NCc1ccc(Nc2nn(C3CCCCC3)cc2C(N)=O)cc1. The highest BCUT2D eigenvalue weighted by molar-refractivity contribution is 5.98. The lowest BCUT2D eigenvalue weighted by atomic mass is 9.96. The average molecular weight is 313 g/mol. The fraction of sp³-hybridized carbons (Fsp3) is 0.412. The molecule has 1 heterocycles. The third-order valence-corrected chi connectivity index (χ3v) is 4.40. The van der Waals surface area contributed by atoms with Gasteiger partial charge in [0.05, 0.1) is 6.04 Å². The number of rotatable bonds is 5. The van der Waals surface area contributed by atoms with Crippen LogP contribution in [0.3, 0.4) is 0 Å². The summed E-state index contributed by atoms with van der Waals surface area (Å²) in [4.78, 5) is 11.7. The number of carbonyl (C=O) groups excluding carboxylic acids is 1. The second kappa shape index (κ2) is 6.83. The maximum atomic E-state index is 11.7. The van der Waals surface area contributed by atoms with Crippen LogP contribution in [0, 0.1) is 0 Å². The Morgan fingerprint density at radius 2 is 1.91 bits per heavy atom. The van der Waals surface area contributed by atoms with Gasteiger partial charge >= 0.3 is 0 Å². The molecule has 1 aliphatic rings. The lowest BCUT2D eigenvalue weighted by Gasteiger charge is -2.21. The number of primary amides is 1. The summed E-state index contributed by atoms with van der Waals surface area (Å²) in [5.41, 5.74) is 13.5. The number of hydrogen-bond acceptors (Lipinski definition) is 4. The molecular formula is C17H23N5O. The fourth-order valence-corrected chi connectivity index (χ4v) is 3.06. The highest BCUT2D eigenvalue weighted by Crippen LogP contribution is 2.29. The Labute approximate surface area is 135 Å². The van der Waals surface area contributed by atoms with Crippen LogP contribution < -0.4 is 16.8 Å². The Balaban J connectivity index is 1.84. The van der Waals surface area contributed by atoms with Crippen LogP contribution in [0.5, 0.6) is 0 Å². The first-order valence-corrected chi connectivity index (χ1v) is 8.12. The second-order valence-electron chi connectivity index (χ2n) is 6.05. The summed E-state index contributed by atoms with van der Waals surface area (Å²) in [6.07, 6.45) is 7.67. The minimum atomic E-state index is -0.465. The normalized spacial score (nSPS) is 15.5. The van der Waals surface area contributed by atoms with E-state index in [1.54, 1.807) is 6.20 Å². The van der Waals surface area contributed by atoms with Crippen LogP contribution in [-0.4, -0.2) is 15.7 Å². The first kappa shape index (κ1) is 15.6. The molecule has 0 atom stereocenters. The summed E-state index contributed by atoms with van der Waals surface area (Å²) in [6, 6.07) is 8.10. The molecule has 1 fully saturated rings. The summed E-state index contributed by atoms with van der Waals surface area (Å²) >= 11 is 0. The van der Waals surface area contributed by atoms with Gasteiger partial charge in [0.25, 0.3) is 5.91 Å². The fourth-order valence-electron chi connectivity index (χ4n) is 3.06. The molecule has 1 aliphatic carbocycles. The number of nitrogens with two attached hydrogens (primary N) is 2. The Hall–Kier alpha value is -2.34. The van der Waals surface area contributed by atoms with Crippen LogP contribution >= 0.6 is 0 Å². The first-order valence-electron chi connectivity index (χ1n) is 8.12. The van der Waals surface area contributed by atoms with Crippen molar-refractivity contribution in [2.45, 2.75) is 44.7 Å². The summed E-state index contributed by atoms with van der Waals surface area (Å²) in [5, 5.41) is 7.76. The third-order valence-electron chi connectivity index (χ3n) is 4.40. The molecule has 1 amide bonds. The van der Waals surface area contributed by atoms with Crippen molar-refractivity contribution in [3.63, 3.8) is 0 Å². The van der Waals surface area contributed by atoms with Crippen molar-refractivity contribution in [3.05, 3.63) is 41.6 Å². The van der Waals surface area contributed by atoms with Crippen molar-refractivity contribution in [3.8, 4) is 0 Å². The number of nitrogens with one attached hydrogen (secondary N) is 1. The number of hydrogen-bond donors (Lipinski definition) is 3. The Kier molecular flexibility index (Phi) is 4.62. The predicted molar refractivity (Wildman–Crippen MR) is 90.5 cm³/mol. The topological polar surface area (TPSA) is 99.0 Å². The van der Waals surface area contributed by atoms with E-state index in [-0.39, 0.29) is 0 Å². The molecular weight excluding hydrogens is 290 g/mol. The Morgan fingerprint density at radius 1 is 1.22 bits per heavy atom. The van der Waals surface area contributed by atoms with Gasteiger partial charge in [0.1, 0.15) is 5.56 Å². The van der Waals surface area contributed by atoms with Crippen LogP contribution in [0.4, 0.5) is 11.5 Å². The van der Waals surface area contributed by atoms with Gasteiger partial charge < -0.3 is 16.8 Å².